The van der Waals surface area contributed by atoms with Gasteiger partial charge in [-0.05, 0) is 49.4 Å². The van der Waals surface area contributed by atoms with Crippen molar-refractivity contribution in [3.63, 3.8) is 0 Å². The zero-order valence-corrected chi connectivity index (χ0v) is 11.7. The number of nitrogens with two attached hydrogens (primary N) is 1. The van der Waals surface area contributed by atoms with Crippen molar-refractivity contribution < 1.29 is 9.47 Å². The smallest absolute Gasteiger partial charge is 0.135 e. The number of benzene rings is 2. The van der Waals surface area contributed by atoms with Crippen LogP contribution in [0, 0.1) is 0 Å². The van der Waals surface area contributed by atoms with E-state index < -0.39 is 0 Å². The minimum absolute atomic E-state index is 0.649. The maximum absolute atomic E-state index is 5.96. The molecule has 0 aliphatic rings. The molecule has 0 unspecified atom stereocenters. The summed E-state index contributed by atoms with van der Waals surface area (Å²) in [4.78, 5) is 4.10. The van der Waals surface area contributed by atoms with Crippen LogP contribution in [-0.2, 0) is 0 Å². The second-order valence-electron chi connectivity index (χ2n) is 4.58. The number of hydrogen-bond donors (Lipinski definition) is 1. The number of ether oxygens (including phenoxy) is 2. The zero-order valence-electron chi connectivity index (χ0n) is 11.7. The summed E-state index contributed by atoms with van der Waals surface area (Å²) in [5, 5.41) is 1.83. The van der Waals surface area contributed by atoms with E-state index in [1.54, 1.807) is 12.4 Å². The van der Waals surface area contributed by atoms with Crippen molar-refractivity contribution in [3.8, 4) is 17.2 Å². The summed E-state index contributed by atoms with van der Waals surface area (Å²) >= 11 is 0. The van der Waals surface area contributed by atoms with E-state index in [-0.39, 0.29) is 0 Å². The summed E-state index contributed by atoms with van der Waals surface area (Å²) in [6.07, 6.45) is 3.47. The lowest BCUT2D eigenvalue weighted by Crippen LogP contribution is -1.92. The molecular formula is C17H16N2O2. The van der Waals surface area contributed by atoms with Gasteiger partial charge in [0, 0.05) is 28.9 Å². The predicted octanol–water partition coefficient (Wildman–Crippen LogP) is 4.01. The maximum atomic E-state index is 5.96. The summed E-state index contributed by atoms with van der Waals surface area (Å²) < 4.78 is 11.4. The van der Waals surface area contributed by atoms with Crippen LogP contribution in [0.4, 0.5) is 5.69 Å². The fourth-order valence-corrected chi connectivity index (χ4v) is 2.17. The molecule has 0 aliphatic carbocycles. The third-order valence-electron chi connectivity index (χ3n) is 3.17. The number of hydrogen-bond acceptors (Lipinski definition) is 4. The molecule has 2 N–H and O–H groups in total. The monoisotopic (exact) mass is 280 g/mol. The lowest BCUT2D eigenvalue weighted by atomic mass is 10.1. The average Bonchev–Trinajstić information content (AvgIpc) is 2.52. The Labute approximate surface area is 123 Å². The van der Waals surface area contributed by atoms with E-state index in [2.05, 4.69) is 4.98 Å². The lowest BCUT2D eigenvalue weighted by Gasteiger charge is -2.11. The van der Waals surface area contributed by atoms with Crippen LogP contribution >= 0.6 is 0 Å². The highest BCUT2D eigenvalue weighted by Crippen LogP contribution is 2.33. The number of rotatable bonds is 4. The van der Waals surface area contributed by atoms with Crippen LogP contribution in [0.3, 0.4) is 0 Å². The first-order valence-corrected chi connectivity index (χ1v) is 6.81. The number of anilines is 1. The Morgan fingerprint density at radius 2 is 1.71 bits per heavy atom. The number of nitrogen functional groups attached to an aromatic ring is 1. The van der Waals surface area contributed by atoms with Gasteiger partial charge in [-0.3, -0.25) is 4.98 Å². The van der Waals surface area contributed by atoms with E-state index in [1.807, 2.05) is 49.4 Å². The molecule has 0 saturated carbocycles. The summed E-state index contributed by atoms with van der Waals surface area (Å²) in [5.74, 6) is 2.34. The number of fused-ring (bicyclic) bond motifs is 1. The molecule has 0 fully saturated rings. The highest BCUT2D eigenvalue weighted by Gasteiger charge is 2.06. The van der Waals surface area contributed by atoms with Gasteiger partial charge in [-0.2, -0.15) is 0 Å². The molecule has 0 saturated heterocycles. The third-order valence-corrected chi connectivity index (χ3v) is 3.17. The molecule has 0 radical (unpaired) electrons. The van der Waals surface area contributed by atoms with E-state index in [0.717, 1.165) is 28.0 Å². The van der Waals surface area contributed by atoms with Gasteiger partial charge in [-0.25, -0.2) is 0 Å². The van der Waals surface area contributed by atoms with Crippen LogP contribution in [0.2, 0.25) is 0 Å². The Morgan fingerprint density at radius 3 is 2.48 bits per heavy atom. The van der Waals surface area contributed by atoms with Crippen LogP contribution in [0.15, 0.2) is 54.9 Å². The normalized spacial score (nSPS) is 10.5. The molecule has 0 spiro atoms. The lowest BCUT2D eigenvalue weighted by molar-refractivity contribution is 0.339. The van der Waals surface area contributed by atoms with Crippen molar-refractivity contribution >= 4 is 16.5 Å². The van der Waals surface area contributed by atoms with Crippen molar-refractivity contribution in [3.05, 3.63) is 54.9 Å². The Morgan fingerprint density at radius 1 is 0.952 bits per heavy atom. The molecule has 3 rings (SSSR count). The number of pyridine rings is 1. The summed E-state index contributed by atoms with van der Waals surface area (Å²) in [7, 11) is 0. The first-order chi connectivity index (χ1) is 10.3. The van der Waals surface area contributed by atoms with Crippen LogP contribution in [0.25, 0.3) is 10.8 Å². The molecule has 106 valence electrons. The highest BCUT2D eigenvalue weighted by atomic mass is 16.5. The van der Waals surface area contributed by atoms with E-state index >= 15 is 0 Å². The fraction of sp³-hybridized carbons (Fsp3) is 0.118. The second kappa shape index (κ2) is 5.71. The van der Waals surface area contributed by atoms with E-state index in [1.165, 1.54) is 0 Å². The van der Waals surface area contributed by atoms with Crippen molar-refractivity contribution in [2.45, 2.75) is 6.92 Å². The first kappa shape index (κ1) is 13.2. The summed E-state index contributed by atoms with van der Waals surface area (Å²) in [5.41, 5.74) is 6.65. The van der Waals surface area contributed by atoms with Gasteiger partial charge in [0.15, 0.2) is 0 Å². The van der Waals surface area contributed by atoms with E-state index in [4.69, 9.17) is 15.2 Å². The van der Waals surface area contributed by atoms with Gasteiger partial charge in [0.1, 0.15) is 17.2 Å². The number of aromatic nitrogens is 1. The summed E-state index contributed by atoms with van der Waals surface area (Å²) in [6, 6.07) is 13.1. The Balaban J connectivity index is 1.93. The molecule has 21 heavy (non-hydrogen) atoms. The molecule has 4 nitrogen and oxygen atoms in total. The van der Waals surface area contributed by atoms with Crippen molar-refractivity contribution in [1.29, 1.82) is 0 Å². The standard InChI is InChI=1S/C17H16N2O2/c1-2-20-12-3-5-13(6-4-12)21-17-8-7-16(18)15-11-19-10-9-14(15)17/h3-11H,2,18H2,1H3. The maximum Gasteiger partial charge on any atom is 0.135 e. The Kier molecular flexibility index (Phi) is 3.60. The second-order valence-corrected chi connectivity index (χ2v) is 4.58. The van der Waals surface area contributed by atoms with E-state index in [0.29, 0.717) is 12.3 Å². The molecule has 4 heteroatoms. The molecule has 0 aliphatic heterocycles. The largest absolute Gasteiger partial charge is 0.494 e. The molecule has 1 aromatic heterocycles. The molecule has 2 aromatic carbocycles. The third kappa shape index (κ3) is 2.74. The molecule has 0 amide bonds. The predicted molar refractivity (Wildman–Crippen MR) is 83.8 cm³/mol. The fourth-order valence-electron chi connectivity index (χ4n) is 2.17. The van der Waals surface area contributed by atoms with Crippen LogP contribution in [-0.4, -0.2) is 11.6 Å². The Bertz CT molecular complexity index is 754. The Hall–Kier alpha value is -2.75. The van der Waals surface area contributed by atoms with Gasteiger partial charge >= 0.3 is 0 Å². The number of nitrogens with zero attached hydrogens (tertiary/aromatic N) is 1. The molecule has 1 heterocycles. The first-order valence-electron chi connectivity index (χ1n) is 6.81. The topological polar surface area (TPSA) is 57.4 Å². The average molecular weight is 280 g/mol. The van der Waals surface area contributed by atoms with Gasteiger partial charge in [0.25, 0.3) is 0 Å². The van der Waals surface area contributed by atoms with Gasteiger partial charge < -0.3 is 15.2 Å². The summed E-state index contributed by atoms with van der Waals surface area (Å²) in [6.45, 7) is 2.61. The van der Waals surface area contributed by atoms with Gasteiger partial charge in [-0.1, -0.05) is 0 Å². The molecule has 0 bridgehead atoms. The molecule has 3 aromatic rings. The van der Waals surface area contributed by atoms with Crippen molar-refractivity contribution in [2.24, 2.45) is 0 Å². The molecule has 0 atom stereocenters. The van der Waals surface area contributed by atoms with Crippen LogP contribution in [0.5, 0.6) is 17.2 Å². The minimum atomic E-state index is 0.649. The van der Waals surface area contributed by atoms with Crippen molar-refractivity contribution in [2.75, 3.05) is 12.3 Å². The SMILES string of the molecule is CCOc1ccc(Oc2ccc(N)c3cnccc23)cc1. The zero-order chi connectivity index (χ0) is 14.7. The van der Waals surface area contributed by atoms with Crippen molar-refractivity contribution in [1.82, 2.24) is 4.98 Å². The van der Waals surface area contributed by atoms with Gasteiger partial charge in [0.2, 0.25) is 0 Å². The van der Waals surface area contributed by atoms with Gasteiger partial charge in [-0.15, -0.1) is 0 Å². The quantitative estimate of drug-likeness (QED) is 0.734. The van der Waals surface area contributed by atoms with Crippen LogP contribution in [0.1, 0.15) is 6.92 Å². The molecular weight excluding hydrogens is 264 g/mol. The van der Waals surface area contributed by atoms with E-state index in [9.17, 15) is 0 Å². The van der Waals surface area contributed by atoms with Gasteiger partial charge in [0.05, 0.1) is 6.61 Å². The minimum Gasteiger partial charge on any atom is -0.494 e. The highest BCUT2D eigenvalue weighted by molar-refractivity contribution is 5.96. The van der Waals surface area contributed by atoms with Crippen LogP contribution < -0.4 is 15.2 Å².